The Morgan fingerprint density at radius 2 is 1.77 bits per heavy atom. The molecule has 174 valence electrons. The highest BCUT2D eigenvalue weighted by Gasteiger charge is 2.36. The van der Waals surface area contributed by atoms with Gasteiger partial charge in [-0.3, -0.25) is 4.90 Å². The second-order valence-corrected chi connectivity index (χ2v) is 10.3. The van der Waals surface area contributed by atoms with E-state index in [2.05, 4.69) is 45.2 Å². The van der Waals surface area contributed by atoms with Crippen molar-refractivity contribution in [2.75, 3.05) is 50.5 Å². The van der Waals surface area contributed by atoms with Crippen molar-refractivity contribution in [3.8, 4) is 0 Å². The van der Waals surface area contributed by atoms with Crippen LogP contribution in [0.2, 0.25) is 0 Å². The van der Waals surface area contributed by atoms with E-state index in [1.807, 2.05) is 6.20 Å². The van der Waals surface area contributed by atoms with Gasteiger partial charge in [-0.1, -0.05) is 32.1 Å². The predicted octanol–water partition coefficient (Wildman–Crippen LogP) is 4.39. The van der Waals surface area contributed by atoms with Crippen molar-refractivity contribution < 1.29 is 0 Å². The monoisotopic (exact) mass is 428 g/mol. The highest BCUT2D eigenvalue weighted by Crippen LogP contribution is 2.32. The van der Waals surface area contributed by atoms with Crippen LogP contribution in [-0.4, -0.2) is 78.2 Å². The molecular formula is C25H44N6. The molecule has 2 aliphatic heterocycles. The van der Waals surface area contributed by atoms with E-state index < -0.39 is 0 Å². The average Bonchev–Trinajstić information content (AvgIpc) is 2.98. The van der Waals surface area contributed by atoms with E-state index in [0.717, 1.165) is 37.4 Å². The summed E-state index contributed by atoms with van der Waals surface area (Å²) in [5.74, 6) is 1.92. The maximum Gasteiger partial charge on any atom is 0.224 e. The van der Waals surface area contributed by atoms with Crippen LogP contribution in [0, 0.1) is 0 Å². The maximum absolute atomic E-state index is 4.93. The third-order valence-electron chi connectivity index (χ3n) is 7.55. The summed E-state index contributed by atoms with van der Waals surface area (Å²) in [6, 6.07) is 4.04. The summed E-state index contributed by atoms with van der Waals surface area (Å²) in [6.45, 7) is 4.59. The van der Waals surface area contributed by atoms with Gasteiger partial charge in [0.1, 0.15) is 5.82 Å². The average molecular weight is 429 g/mol. The minimum absolute atomic E-state index is 0.464. The molecule has 0 spiro atoms. The first-order valence-corrected chi connectivity index (χ1v) is 12.9. The molecule has 4 rings (SSSR count). The van der Waals surface area contributed by atoms with Crippen LogP contribution in [0.3, 0.4) is 0 Å². The molecule has 1 aliphatic carbocycles. The van der Waals surface area contributed by atoms with Gasteiger partial charge in [0.25, 0.3) is 0 Å². The third kappa shape index (κ3) is 6.55. The van der Waals surface area contributed by atoms with Crippen molar-refractivity contribution in [1.29, 1.82) is 0 Å². The van der Waals surface area contributed by atoms with Crippen molar-refractivity contribution in [2.24, 2.45) is 0 Å². The molecule has 1 N–H and O–H groups in total. The van der Waals surface area contributed by atoms with Gasteiger partial charge in [0.2, 0.25) is 5.95 Å². The minimum Gasteiger partial charge on any atom is -0.356 e. The number of likely N-dealkylation sites (tertiary alicyclic amines) is 1. The molecule has 3 heterocycles. The second kappa shape index (κ2) is 11.5. The Balaban J connectivity index is 1.38. The molecule has 1 saturated carbocycles. The zero-order chi connectivity index (χ0) is 21.5. The van der Waals surface area contributed by atoms with Crippen molar-refractivity contribution in [1.82, 2.24) is 19.8 Å². The number of anilines is 2. The number of nitrogens with zero attached hydrogens (tertiary/aromatic N) is 5. The molecule has 0 unspecified atom stereocenters. The molecule has 0 radical (unpaired) electrons. The lowest BCUT2D eigenvalue weighted by molar-refractivity contribution is 0.133. The highest BCUT2D eigenvalue weighted by atomic mass is 15.3. The van der Waals surface area contributed by atoms with Crippen LogP contribution in [-0.2, 0) is 0 Å². The fraction of sp³-hybridized carbons (Fsp3) is 0.840. The van der Waals surface area contributed by atoms with Crippen LogP contribution >= 0.6 is 0 Å². The summed E-state index contributed by atoms with van der Waals surface area (Å²) in [5, 5.41) is 3.73. The summed E-state index contributed by atoms with van der Waals surface area (Å²) >= 11 is 0. The summed E-state index contributed by atoms with van der Waals surface area (Å²) in [5.41, 5.74) is 0. The van der Waals surface area contributed by atoms with Gasteiger partial charge in [-0.2, -0.15) is 4.98 Å². The third-order valence-corrected chi connectivity index (χ3v) is 7.55. The molecule has 6 nitrogen and oxygen atoms in total. The van der Waals surface area contributed by atoms with Crippen molar-refractivity contribution in [3.05, 3.63) is 12.3 Å². The normalized spacial score (nSPS) is 26.4. The molecular weight excluding hydrogens is 384 g/mol. The van der Waals surface area contributed by atoms with E-state index in [1.54, 1.807) is 0 Å². The number of hydrogen-bond acceptors (Lipinski definition) is 6. The van der Waals surface area contributed by atoms with Crippen molar-refractivity contribution in [2.45, 2.75) is 95.2 Å². The van der Waals surface area contributed by atoms with Crippen LogP contribution in [0.4, 0.5) is 11.8 Å². The Bertz CT molecular complexity index is 651. The van der Waals surface area contributed by atoms with Gasteiger partial charge in [-0.25, -0.2) is 4.98 Å². The molecule has 6 heteroatoms. The molecule has 0 amide bonds. The van der Waals surface area contributed by atoms with Gasteiger partial charge in [-0.15, -0.1) is 0 Å². The lowest BCUT2D eigenvalue weighted by Crippen LogP contribution is -2.41. The molecule has 0 aromatic carbocycles. The zero-order valence-electron chi connectivity index (χ0n) is 19.9. The SMILES string of the molecule is CN(C)CCC[C@H]1C[C@H](Nc2nccc(N3CCCCCC3)n2)CN1C1CCCCC1. The number of nitrogens with one attached hydrogen (secondary N) is 1. The smallest absolute Gasteiger partial charge is 0.224 e. The van der Waals surface area contributed by atoms with Crippen LogP contribution in [0.25, 0.3) is 0 Å². The second-order valence-electron chi connectivity index (χ2n) is 10.3. The molecule has 3 aliphatic rings. The molecule has 0 bridgehead atoms. The lowest BCUT2D eigenvalue weighted by Gasteiger charge is -2.35. The largest absolute Gasteiger partial charge is 0.356 e. The molecule has 1 aromatic rings. The van der Waals surface area contributed by atoms with Gasteiger partial charge in [0.15, 0.2) is 0 Å². The van der Waals surface area contributed by atoms with Crippen LogP contribution in [0.5, 0.6) is 0 Å². The first-order chi connectivity index (χ1) is 15.2. The summed E-state index contributed by atoms with van der Waals surface area (Å²) in [6.07, 6.45) is 18.0. The Morgan fingerprint density at radius 3 is 2.52 bits per heavy atom. The topological polar surface area (TPSA) is 47.5 Å². The Kier molecular flexibility index (Phi) is 8.42. The van der Waals surface area contributed by atoms with E-state index in [0.29, 0.717) is 12.1 Å². The fourth-order valence-electron chi connectivity index (χ4n) is 5.91. The predicted molar refractivity (Wildman–Crippen MR) is 130 cm³/mol. The van der Waals surface area contributed by atoms with E-state index in [9.17, 15) is 0 Å². The summed E-state index contributed by atoms with van der Waals surface area (Å²) < 4.78 is 0. The van der Waals surface area contributed by atoms with Crippen LogP contribution < -0.4 is 10.2 Å². The van der Waals surface area contributed by atoms with Crippen molar-refractivity contribution in [3.63, 3.8) is 0 Å². The van der Waals surface area contributed by atoms with Crippen LogP contribution in [0.1, 0.15) is 77.0 Å². The molecule has 1 aromatic heterocycles. The van der Waals surface area contributed by atoms with Crippen molar-refractivity contribution >= 4 is 11.8 Å². The zero-order valence-corrected chi connectivity index (χ0v) is 19.9. The van der Waals surface area contributed by atoms with E-state index in [-0.39, 0.29) is 0 Å². The summed E-state index contributed by atoms with van der Waals surface area (Å²) in [7, 11) is 4.37. The molecule has 2 saturated heterocycles. The number of aromatic nitrogens is 2. The quantitative estimate of drug-likeness (QED) is 0.663. The van der Waals surface area contributed by atoms with E-state index >= 15 is 0 Å². The summed E-state index contributed by atoms with van der Waals surface area (Å²) in [4.78, 5) is 17.1. The van der Waals surface area contributed by atoms with Gasteiger partial charge in [0, 0.05) is 44.0 Å². The maximum atomic E-state index is 4.93. The Hall–Kier alpha value is -1.40. The Labute approximate surface area is 189 Å². The Morgan fingerprint density at radius 1 is 1.03 bits per heavy atom. The standard InChI is InChI=1S/C25H44N6/c1-29(2)16-10-13-23-19-21(20-31(23)22-11-6-5-7-12-22)27-25-26-15-14-24(28-25)30-17-8-3-4-9-18-30/h14-15,21-23H,3-13,16-20H2,1-2H3,(H,26,27,28)/t21-,23-/m0/s1. The van der Waals surface area contributed by atoms with Gasteiger partial charge in [-0.05, 0) is 71.7 Å². The molecule has 3 fully saturated rings. The highest BCUT2D eigenvalue weighted by molar-refractivity contribution is 5.43. The van der Waals surface area contributed by atoms with Gasteiger partial charge < -0.3 is 15.1 Å². The fourth-order valence-corrected chi connectivity index (χ4v) is 5.91. The molecule has 2 atom stereocenters. The van der Waals surface area contributed by atoms with Gasteiger partial charge >= 0.3 is 0 Å². The first-order valence-electron chi connectivity index (χ1n) is 12.9. The lowest BCUT2D eigenvalue weighted by atomic mass is 9.93. The number of hydrogen-bond donors (Lipinski definition) is 1. The van der Waals surface area contributed by atoms with Gasteiger partial charge in [0.05, 0.1) is 0 Å². The van der Waals surface area contributed by atoms with E-state index in [4.69, 9.17) is 4.98 Å². The molecule has 31 heavy (non-hydrogen) atoms. The van der Waals surface area contributed by atoms with Crippen LogP contribution in [0.15, 0.2) is 12.3 Å². The minimum atomic E-state index is 0.464. The first kappa shape index (κ1) is 22.8. The number of rotatable bonds is 8. The van der Waals surface area contributed by atoms with E-state index in [1.165, 1.54) is 83.6 Å².